The molecule has 12 heteroatoms. The van der Waals surface area contributed by atoms with Gasteiger partial charge >= 0.3 is 0 Å². The zero-order valence-corrected chi connectivity index (χ0v) is 18.9. The van der Waals surface area contributed by atoms with Crippen molar-refractivity contribution in [1.29, 1.82) is 0 Å². The number of fused-ring (bicyclic) bond motifs is 1. The minimum atomic E-state index is -0.0940. The van der Waals surface area contributed by atoms with Crippen LogP contribution >= 0.6 is 27.7 Å². The van der Waals surface area contributed by atoms with Gasteiger partial charge in [0.05, 0.1) is 5.69 Å². The molecular formula is C18H18BrN9OS. The number of carbonyl (C=O) groups is 1. The van der Waals surface area contributed by atoms with E-state index in [-0.39, 0.29) is 5.91 Å². The third kappa shape index (κ3) is 4.19. The highest BCUT2D eigenvalue weighted by Gasteiger charge is 2.15. The number of nitrogens with one attached hydrogen (secondary N) is 1. The minimum absolute atomic E-state index is 0.0940. The van der Waals surface area contributed by atoms with Crippen LogP contribution in [0.4, 0.5) is 5.69 Å². The molecular weight excluding hydrogens is 470 g/mol. The van der Waals surface area contributed by atoms with Crippen molar-refractivity contribution in [1.82, 2.24) is 39.8 Å². The van der Waals surface area contributed by atoms with E-state index in [0.717, 1.165) is 26.3 Å². The minimum Gasteiger partial charge on any atom is -0.325 e. The lowest BCUT2D eigenvalue weighted by Crippen LogP contribution is -2.15. The van der Waals surface area contributed by atoms with Gasteiger partial charge in [-0.2, -0.15) is 10.1 Å². The molecule has 4 rings (SSSR count). The Balaban J connectivity index is 1.49. The number of carbonyl (C=O) groups excluding carboxylic acids is 1. The third-order valence-electron chi connectivity index (χ3n) is 4.59. The lowest BCUT2D eigenvalue weighted by Gasteiger charge is -2.12. The molecule has 1 aromatic carbocycles. The van der Waals surface area contributed by atoms with Crippen LogP contribution in [0.2, 0.25) is 0 Å². The highest BCUT2D eigenvalue weighted by Crippen LogP contribution is 2.34. The van der Waals surface area contributed by atoms with Crippen molar-refractivity contribution >= 4 is 45.1 Å². The fraction of sp³-hybridized carbons (Fsp3) is 0.278. The second-order valence-electron chi connectivity index (χ2n) is 6.61. The largest absolute Gasteiger partial charge is 0.325 e. The number of tetrazole rings is 1. The average molecular weight is 488 g/mol. The summed E-state index contributed by atoms with van der Waals surface area (Å²) < 4.78 is 4.14. The Morgan fingerprint density at radius 3 is 2.90 bits per heavy atom. The molecule has 30 heavy (non-hydrogen) atoms. The lowest BCUT2D eigenvalue weighted by atomic mass is 10.1. The summed E-state index contributed by atoms with van der Waals surface area (Å²) in [4.78, 5) is 22.2. The van der Waals surface area contributed by atoms with Crippen molar-refractivity contribution < 1.29 is 4.79 Å². The van der Waals surface area contributed by atoms with E-state index in [2.05, 4.69) is 51.8 Å². The first kappa shape index (κ1) is 20.4. The Hall–Kier alpha value is -2.86. The predicted octanol–water partition coefficient (Wildman–Crippen LogP) is 2.75. The van der Waals surface area contributed by atoms with E-state index in [1.807, 2.05) is 32.0 Å². The monoisotopic (exact) mass is 487 g/mol. The molecule has 0 saturated carbocycles. The zero-order valence-electron chi connectivity index (χ0n) is 16.5. The number of anilines is 1. The Morgan fingerprint density at radius 1 is 1.30 bits per heavy atom. The summed E-state index contributed by atoms with van der Waals surface area (Å²) in [5.41, 5.74) is 3.49. The molecule has 0 saturated heterocycles. The Kier molecular flexibility index (Phi) is 5.77. The maximum absolute atomic E-state index is 12.7. The van der Waals surface area contributed by atoms with Crippen LogP contribution in [0.15, 0.2) is 39.1 Å². The molecule has 0 unspecified atom stereocenters. The fourth-order valence-electron chi connectivity index (χ4n) is 3.06. The number of aromatic nitrogens is 8. The second-order valence-corrected chi connectivity index (χ2v) is 8.53. The first-order valence-corrected chi connectivity index (χ1v) is 10.7. The normalized spacial score (nSPS) is 11.2. The van der Waals surface area contributed by atoms with E-state index in [1.165, 1.54) is 18.1 Å². The predicted molar refractivity (Wildman–Crippen MR) is 114 cm³/mol. The second kappa shape index (κ2) is 8.48. The van der Waals surface area contributed by atoms with Crippen LogP contribution in [0.5, 0.6) is 0 Å². The number of benzene rings is 1. The van der Waals surface area contributed by atoms with Crippen molar-refractivity contribution in [2.75, 3.05) is 5.32 Å². The molecule has 1 amide bonds. The zero-order chi connectivity index (χ0) is 21.3. The highest BCUT2D eigenvalue weighted by molar-refractivity contribution is 9.10. The number of rotatable bonds is 6. The van der Waals surface area contributed by atoms with Crippen LogP contribution in [-0.4, -0.2) is 45.7 Å². The van der Waals surface area contributed by atoms with Crippen LogP contribution in [-0.2, 0) is 18.3 Å². The summed E-state index contributed by atoms with van der Waals surface area (Å²) >= 11 is 4.85. The summed E-state index contributed by atoms with van der Waals surface area (Å²) in [6, 6.07) is 5.69. The molecule has 1 N–H and O–H groups in total. The number of amides is 1. The smallest absolute Gasteiger partial charge is 0.252 e. The first-order valence-electron chi connectivity index (χ1n) is 9.08. The van der Waals surface area contributed by atoms with E-state index < -0.39 is 0 Å². The third-order valence-corrected chi connectivity index (χ3v) is 6.19. The molecule has 0 bridgehead atoms. The molecule has 0 radical (unpaired) electrons. The SMILES string of the molecule is Cc1nc2ncnn2c(C)c1CCC(=O)Nc1cc(Br)ccc1Sc1nnnn1C. The molecule has 0 atom stereocenters. The van der Waals surface area contributed by atoms with Gasteiger partial charge in [-0.15, -0.1) is 5.10 Å². The van der Waals surface area contributed by atoms with Gasteiger partial charge in [0.15, 0.2) is 0 Å². The van der Waals surface area contributed by atoms with Crippen LogP contribution in [0.1, 0.15) is 23.4 Å². The molecule has 0 spiro atoms. The lowest BCUT2D eigenvalue weighted by molar-refractivity contribution is -0.116. The summed E-state index contributed by atoms with van der Waals surface area (Å²) in [6.07, 6.45) is 2.34. The average Bonchev–Trinajstić information content (AvgIpc) is 3.33. The highest BCUT2D eigenvalue weighted by atomic mass is 79.9. The molecule has 0 aliphatic rings. The van der Waals surface area contributed by atoms with Crippen molar-refractivity contribution in [2.45, 2.75) is 36.7 Å². The maximum atomic E-state index is 12.7. The molecule has 0 aliphatic carbocycles. The van der Waals surface area contributed by atoms with Crippen molar-refractivity contribution in [3.63, 3.8) is 0 Å². The molecule has 4 aromatic rings. The number of nitrogens with zero attached hydrogens (tertiary/aromatic N) is 8. The van der Waals surface area contributed by atoms with E-state index >= 15 is 0 Å². The van der Waals surface area contributed by atoms with E-state index in [1.54, 1.807) is 16.2 Å². The first-order chi connectivity index (χ1) is 14.4. The van der Waals surface area contributed by atoms with E-state index in [0.29, 0.717) is 29.5 Å². The van der Waals surface area contributed by atoms with Crippen molar-refractivity contribution in [3.05, 3.63) is 46.0 Å². The molecule has 0 fully saturated rings. The molecule has 0 aliphatic heterocycles. The quantitative estimate of drug-likeness (QED) is 0.441. The van der Waals surface area contributed by atoms with Gasteiger partial charge in [0, 0.05) is 34.2 Å². The van der Waals surface area contributed by atoms with Gasteiger partial charge in [-0.05, 0) is 66.2 Å². The molecule has 154 valence electrons. The summed E-state index contributed by atoms with van der Waals surface area (Å²) in [5, 5.41) is 19.3. The van der Waals surface area contributed by atoms with Crippen LogP contribution < -0.4 is 5.32 Å². The number of halogens is 1. The van der Waals surface area contributed by atoms with Crippen molar-refractivity contribution in [3.8, 4) is 0 Å². The van der Waals surface area contributed by atoms with Crippen LogP contribution in [0.3, 0.4) is 0 Å². The van der Waals surface area contributed by atoms with Crippen molar-refractivity contribution in [2.24, 2.45) is 7.05 Å². The fourth-order valence-corrected chi connectivity index (χ4v) is 4.22. The van der Waals surface area contributed by atoms with E-state index in [9.17, 15) is 4.79 Å². The Labute approximate surface area is 184 Å². The van der Waals surface area contributed by atoms with Gasteiger partial charge in [-0.3, -0.25) is 4.79 Å². The maximum Gasteiger partial charge on any atom is 0.252 e. The standard InChI is InChI=1S/C18H18BrN9OS/c1-10-13(11(2)28-17(22-10)20-9-21-28)5-7-16(29)23-14-8-12(19)4-6-15(14)30-18-24-25-26-27(18)3/h4,6,8-9H,5,7H2,1-3H3,(H,23,29). The number of aryl methyl sites for hydroxylation is 3. The van der Waals surface area contributed by atoms with Gasteiger partial charge in [0.25, 0.3) is 5.78 Å². The number of hydrogen-bond acceptors (Lipinski definition) is 8. The van der Waals surface area contributed by atoms with E-state index in [4.69, 9.17) is 0 Å². The van der Waals surface area contributed by atoms with Gasteiger partial charge in [0.1, 0.15) is 6.33 Å². The Bertz CT molecular complexity index is 1240. The molecule has 3 heterocycles. The summed E-state index contributed by atoms with van der Waals surface area (Å²) in [6.45, 7) is 3.88. The topological polar surface area (TPSA) is 116 Å². The van der Waals surface area contributed by atoms with Gasteiger partial charge < -0.3 is 5.32 Å². The van der Waals surface area contributed by atoms with Crippen LogP contribution in [0, 0.1) is 13.8 Å². The van der Waals surface area contributed by atoms with Gasteiger partial charge in [-0.1, -0.05) is 15.9 Å². The number of hydrogen-bond donors (Lipinski definition) is 1. The Morgan fingerprint density at radius 2 is 2.13 bits per heavy atom. The molecule has 10 nitrogen and oxygen atoms in total. The van der Waals surface area contributed by atoms with Crippen LogP contribution in [0.25, 0.3) is 5.78 Å². The van der Waals surface area contributed by atoms with Gasteiger partial charge in [-0.25, -0.2) is 14.2 Å². The summed E-state index contributed by atoms with van der Waals surface area (Å²) in [7, 11) is 1.77. The van der Waals surface area contributed by atoms with Gasteiger partial charge in [0.2, 0.25) is 11.1 Å². The molecule has 3 aromatic heterocycles. The summed E-state index contributed by atoms with van der Waals surface area (Å²) in [5.74, 6) is 0.468.